The predicted molar refractivity (Wildman–Crippen MR) is 103 cm³/mol. The average molecular weight is 409 g/mol. The summed E-state index contributed by atoms with van der Waals surface area (Å²) in [6.07, 6.45) is 0.657. The van der Waals surface area contributed by atoms with Gasteiger partial charge in [-0.3, -0.25) is 4.90 Å². The van der Waals surface area contributed by atoms with Crippen molar-refractivity contribution in [1.29, 1.82) is 0 Å². The predicted octanol–water partition coefficient (Wildman–Crippen LogP) is 2.25. The third kappa shape index (κ3) is 5.01. The van der Waals surface area contributed by atoms with Crippen LogP contribution in [0.2, 0.25) is 0 Å². The minimum absolute atomic E-state index is 0.289. The van der Waals surface area contributed by atoms with Gasteiger partial charge < -0.3 is 14.6 Å². The summed E-state index contributed by atoms with van der Waals surface area (Å²) in [5, 5.41) is 10.5. The fraction of sp³-hybridized carbons (Fsp3) is 0.400. The van der Waals surface area contributed by atoms with Gasteiger partial charge in [0, 0.05) is 32.0 Å². The Morgan fingerprint density at radius 1 is 1.18 bits per heavy atom. The molecule has 0 aliphatic carbocycles. The number of nitrogens with zero attached hydrogens (tertiary/aromatic N) is 1. The van der Waals surface area contributed by atoms with Crippen molar-refractivity contribution < 1.29 is 27.4 Å². The molecule has 2 atom stereocenters. The summed E-state index contributed by atoms with van der Waals surface area (Å²) in [5.41, 5.74) is 0.971. The van der Waals surface area contributed by atoms with Crippen molar-refractivity contribution in [3.63, 3.8) is 0 Å². The van der Waals surface area contributed by atoms with Gasteiger partial charge in [-0.05, 0) is 36.2 Å². The number of hydrogen-bond donors (Lipinski definition) is 1. The maximum atomic E-state index is 13.3. The number of ether oxygens (including phenoxy) is 2. The second kappa shape index (κ2) is 8.46. The average Bonchev–Trinajstić information content (AvgIpc) is 2.65. The number of hydrogen-bond acceptors (Lipinski definition) is 6. The lowest BCUT2D eigenvalue weighted by molar-refractivity contribution is -0.0283. The van der Waals surface area contributed by atoms with E-state index in [9.17, 15) is 17.9 Å². The van der Waals surface area contributed by atoms with Crippen LogP contribution in [0.25, 0.3) is 0 Å². The Morgan fingerprint density at radius 2 is 1.89 bits per heavy atom. The van der Waals surface area contributed by atoms with Crippen LogP contribution in [-0.2, 0) is 16.4 Å². The Kier molecular flexibility index (Phi) is 6.22. The maximum Gasteiger partial charge on any atom is 0.175 e. The molecule has 28 heavy (non-hydrogen) atoms. The number of methoxy groups -OCH3 is 1. The standard InChI is InChI=1S/C20H24FNO5S/c1-26-20-11-15(21)5-8-19(20)27-18-9-10-22(13-17(18)23)12-14-3-6-16(7-4-14)28(2,24)25/h3-8,11,17-18,23H,9-10,12-13H2,1-2H3/t17-,18-/m1/s1. The van der Waals surface area contributed by atoms with E-state index in [1.807, 2.05) is 0 Å². The Morgan fingerprint density at radius 3 is 2.50 bits per heavy atom. The van der Waals surface area contributed by atoms with Gasteiger partial charge >= 0.3 is 0 Å². The first-order chi connectivity index (χ1) is 13.3. The van der Waals surface area contributed by atoms with Crippen molar-refractivity contribution >= 4 is 9.84 Å². The van der Waals surface area contributed by atoms with Crippen LogP contribution in [0.4, 0.5) is 4.39 Å². The van der Waals surface area contributed by atoms with E-state index in [1.165, 1.54) is 31.6 Å². The number of piperidine rings is 1. The maximum absolute atomic E-state index is 13.3. The molecule has 0 spiro atoms. The SMILES string of the molecule is COc1cc(F)ccc1O[C@@H]1CCN(Cc2ccc(S(C)(=O)=O)cc2)C[C@H]1O. The molecule has 1 saturated heterocycles. The lowest BCUT2D eigenvalue weighted by Gasteiger charge is -2.36. The zero-order valence-corrected chi connectivity index (χ0v) is 16.7. The van der Waals surface area contributed by atoms with E-state index in [0.29, 0.717) is 37.6 Å². The fourth-order valence-corrected chi connectivity index (χ4v) is 3.89. The summed E-state index contributed by atoms with van der Waals surface area (Å²) in [6, 6.07) is 10.8. The molecule has 2 aromatic rings. The highest BCUT2D eigenvalue weighted by Gasteiger charge is 2.30. The number of benzene rings is 2. The lowest BCUT2D eigenvalue weighted by atomic mass is 10.0. The van der Waals surface area contributed by atoms with Crippen LogP contribution in [0.3, 0.4) is 0 Å². The molecule has 0 unspecified atom stereocenters. The molecular formula is C20H24FNO5S. The van der Waals surface area contributed by atoms with Crippen molar-refractivity contribution in [2.45, 2.75) is 30.1 Å². The number of aliphatic hydroxyl groups is 1. The van der Waals surface area contributed by atoms with Gasteiger partial charge in [0.2, 0.25) is 0 Å². The van der Waals surface area contributed by atoms with Crippen LogP contribution < -0.4 is 9.47 Å². The topological polar surface area (TPSA) is 76.1 Å². The van der Waals surface area contributed by atoms with E-state index in [1.54, 1.807) is 24.3 Å². The van der Waals surface area contributed by atoms with Crippen LogP contribution >= 0.6 is 0 Å². The van der Waals surface area contributed by atoms with Crippen molar-refractivity contribution in [3.05, 3.63) is 53.8 Å². The zero-order chi connectivity index (χ0) is 20.3. The number of sulfone groups is 1. The highest BCUT2D eigenvalue weighted by molar-refractivity contribution is 7.90. The van der Waals surface area contributed by atoms with E-state index in [2.05, 4.69) is 4.90 Å². The molecule has 152 valence electrons. The molecule has 1 heterocycles. The van der Waals surface area contributed by atoms with Gasteiger partial charge in [-0.15, -0.1) is 0 Å². The number of aliphatic hydroxyl groups excluding tert-OH is 1. The van der Waals surface area contributed by atoms with Crippen LogP contribution in [0, 0.1) is 5.82 Å². The van der Waals surface area contributed by atoms with Crippen LogP contribution in [0.1, 0.15) is 12.0 Å². The van der Waals surface area contributed by atoms with E-state index in [4.69, 9.17) is 9.47 Å². The third-order valence-corrected chi connectivity index (χ3v) is 5.89. The lowest BCUT2D eigenvalue weighted by Crippen LogP contribution is -2.48. The van der Waals surface area contributed by atoms with Crippen molar-refractivity contribution in [2.24, 2.45) is 0 Å². The summed E-state index contributed by atoms with van der Waals surface area (Å²) in [5.74, 6) is 0.278. The third-order valence-electron chi connectivity index (χ3n) is 4.77. The number of likely N-dealkylation sites (tertiary alicyclic amines) is 1. The molecule has 2 aromatic carbocycles. The smallest absolute Gasteiger partial charge is 0.175 e. The van der Waals surface area contributed by atoms with Crippen molar-refractivity contribution in [3.8, 4) is 11.5 Å². The van der Waals surface area contributed by atoms with E-state index in [-0.39, 0.29) is 4.90 Å². The summed E-state index contributed by atoms with van der Waals surface area (Å²) >= 11 is 0. The van der Waals surface area contributed by atoms with Crippen LogP contribution in [0.5, 0.6) is 11.5 Å². The molecule has 1 aliphatic rings. The molecule has 6 nitrogen and oxygen atoms in total. The van der Waals surface area contributed by atoms with Gasteiger partial charge in [0.1, 0.15) is 18.0 Å². The van der Waals surface area contributed by atoms with Crippen molar-refractivity contribution in [2.75, 3.05) is 26.5 Å². The van der Waals surface area contributed by atoms with E-state index >= 15 is 0 Å². The van der Waals surface area contributed by atoms with Crippen LogP contribution in [0.15, 0.2) is 47.4 Å². The molecule has 0 aromatic heterocycles. The monoisotopic (exact) mass is 409 g/mol. The second-order valence-corrected chi connectivity index (χ2v) is 8.97. The van der Waals surface area contributed by atoms with Gasteiger partial charge in [-0.2, -0.15) is 0 Å². The van der Waals surface area contributed by atoms with Crippen LogP contribution in [-0.4, -0.2) is 57.1 Å². The molecule has 1 aliphatic heterocycles. The highest BCUT2D eigenvalue weighted by Crippen LogP contribution is 2.30. The summed E-state index contributed by atoms with van der Waals surface area (Å²) in [4.78, 5) is 2.37. The van der Waals surface area contributed by atoms with Gasteiger partial charge in [0.15, 0.2) is 21.3 Å². The minimum atomic E-state index is -3.21. The number of rotatable bonds is 6. The molecule has 8 heteroatoms. The first kappa shape index (κ1) is 20.6. The quantitative estimate of drug-likeness (QED) is 0.789. The highest BCUT2D eigenvalue weighted by atomic mass is 32.2. The second-order valence-electron chi connectivity index (χ2n) is 6.96. The summed E-state index contributed by atoms with van der Waals surface area (Å²) in [6.45, 7) is 1.73. The largest absolute Gasteiger partial charge is 0.493 e. The molecule has 0 saturated carbocycles. The molecule has 0 amide bonds. The molecule has 1 fully saturated rings. The zero-order valence-electron chi connectivity index (χ0n) is 15.8. The molecule has 3 rings (SSSR count). The molecule has 0 radical (unpaired) electrons. The van der Waals surface area contributed by atoms with Gasteiger partial charge in [-0.1, -0.05) is 12.1 Å². The fourth-order valence-electron chi connectivity index (χ4n) is 3.26. The summed E-state index contributed by atoms with van der Waals surface area (Å²) in [7, 11) is -1.77. The minimum Gasteiger partial charge on any atom is -0.493 e. The van der Waals surface area contributed by atoms with E-state index < -0.39 is 27.9 Å². The summed E-state index contributed by atoms with van der Waals surface area (Å²) < 4.78 is 47.4. The Balaban J connectivity index is 1.59. The molecule has 1 N–H and O–H groups in total. The first-order valence-corrected chi connectivity index (χ1v) is 10.8. The molecule has 0 bridgehead atoms. The normalized spacial score (nSPS) is 20.7. The van der Waals surface area contributed by atoms with E-state index in [0.717, 1.165) is 5.56 Å². The van der Waals surface area contributed by atoms with Gasteiger partial charge in [0.25, 0.3) is 0 Å². The number of halogens is 1. The first-order valence-electron chi connectivity index (χ1n) is 8.96. The van der Waals surface area contributed by atoms with Gasteiger partial charge in [-0.25, -0.2) is 12.8 Å². The Bertz CT molecular complexity index is 917. The Labute approximate surface area is 164 Å². The Hall–Kier alpha value is -2.16. The van der Waals surface area contributed by atoms with Crippen molar-refractivity contribution in [1.82, 2.24) is 4.90 Å². The number of β-amino-alcohol motifs (C(OH)–C–C–N with tert-alkyl or cyclic N) is 1. The molecular weight excluding hydrogens is 385 g/mol. The van der Waals surface area contributed by atoms with Gasteiger partial charge in [0.05, 0.1) is 12.0 Å².